The van der Waals surface area contributed by atoms with Crippen molar-refractivity contribution in [3.63, 3.8) is 0 Å². The molecule has 8 atom stereocenters. The Morgan fingerprint density at radius 3 is 2.27 bits per heavy atom. The van der Waals surface area contributed by atoms with Crippen molar-refractivity contribution in [2.75, 3.05) is 13.2 Å². The van der Waals surface area contributed by atoms with Crippen molar-refractivity contribution in [1.29, 1.82) is 0 Å². The first-order valence-electron chi connectivity index (χ1n) is 16.0. The van der Waals surface area contributed by atoms with Crippen LogP contribution in [0.25, 0.3) is 0 Å². The average Bonchev–Trinajstić information content (AvgIpc) is 3.21. The van der Waals surface area contributed by atoms with Gasteiger partial charge in [0.25, 0.3) is 0 Å². The number of terminal acetylenes is 1. The van der Waals surface area contributed by atoms with Crippen molar-refractivity contribution in [2.45, 2.75) is 159 Å². The first-order valence-corrected chi connectivity index (χ1v) is 19.9. The smallest absolute Gasteiger partial charge is 0.192 e. The molecule has 7 heteroatoms. The van der Waals surface area contributed by atoms with Crippen LogP contribution in [0.5, 0.6) is 0 Å². The second kappa shape index (κ2) is 16.6. The van der Waals surface area contributed by atoms with E-state index >= 15 is 0 Å². The van der Waals surface area contributed by atoms with Crippen LogP contribution in [0, 0.1) is 24.2 Å². The summed E-state index contributed by atoms with van der Waals surface area (Å²) < 4.78 is 32.4. The molecule has 40 heavy (non-hydrogen) atoms. The van der Waals surface area contributed by atoms with Crippen LogP contribution < -0.4 is 0 Å². The molecule has 2 heterocycles. The van der Waals surface area contributed by atoms with Crippen molar-refractivity contribution >= 4 is 24.2 Å². The summed E-state index contributed by atoms with van der Waals surface area (Å²) in [5.74, 6) is 3.35. The van der Waals surface area contributed by atoms with E-state index in [4.69, 9.17) is 29.8 Å². The number of halogens is 1. The van der Waals surface area contributed by atoms with Crippen molar-refractivity contribution in [3.05, 3.63) is 12.2 Å². The predicted molar refractivity (Wildman–Crippen MR) is 170 cm³/mol. The lowest BCUT2D eigenvalue weighted by Crippen LogP contribution is -2.45. The van der Waals surface area contributed by atoms with Crippen molar-refractivity contribution in [1.82, 2.24) is 0 Å². The molecule has 0 radical (unpaired) electrons. The van der Waals surface area contributed by atoms with Gasteiger partial charge in [-0.2, -0.15) is 0 Å². The fourth-order valence-corrected chi connectivity index (χ4v) is 7.70. The molecule has 0 aromatic heterocycles. The molecule has 1 saturated carbocycles. The normalized spacial score (nSPS) is 31.8. The summed E-state index contributed by atoms with van der Waals surface area (Å²) in [5.41, 5.74) is 0. The first-order chi connectivity index (χ1) is 19.0. The lowest BCUT2D eigenvalue weighted by molar-refractivity contribution is -0.193. The van der Waals surface area contributed by atoms with Crippen LogP contribution in [0.3, 0.4) is 0 Å². The molecule has 1 aliphatic carbocycles. The summed E-state index contributed by atoms with van der Waals surface area (Å²) in [5, 5.41) is 0.131. The van der Waals surface area contributed by atoms with Gasteiger partial charge in [-0.25, -0.2) is 0 Å². The van der Waals surface area contributed by atoms with Crippen LogP contribution >= 0.6 is 15.9 Å². The van der Waals surface area contributed by atoms with Gasteiger partial charge < -0.3 is 23.4 Å². The van der Waals surface area contributed by atoms with Gasteiger partial charge in [0.05, 0.1) is 23.1 Å². The van der Waals surface area contributed by atoms with Crippen molar-refractivity contribution in [2.24, 2.45) is 11.8 Å². The predicted octanol–water partition coefficient (Wildman–Crippen LogP) is 8.76. The van der Waals surface area contributed by atoms with E-state index in [9.17, 15) is 0 Å². The van der Waals surface area contributed by atoms with Gasteiger partial charge in [-0.3, -0.25) is 0 Å². The Kier molecular flexibility index (Phi) is 14.2. The summed E-state index contributed by atoms with van der Waals surface area (Å²) in [6.45, 7) is 15.5. The molecule has 0 amide bonds. The van der Waals surface area contributed by atoms with Gasteiger partial charge in [0.2, 0.25) is 0 Å². The Balaban J connectivity index is 1.87. The minimum Gasteiger partial charge on any atom is -0.414 e. The van der Waals surface area contributed by atoms with Crippen molar-refractivity contribution in [3.8, 4) is 12.3 Å². The number of hydrogen-bond acceptors (Lipinski definition) is 5. The first kappa shape index (κ1) is 34.3. The van der Waals surface area contributed by atoms with E-state index in [0.717, 1.165) is 71.0 Å². The average molecular weight is 642 g/mol. The molecule has 2 aliphatic heterocycles. The SMILES string of the molecule is C#C[C@@H](Br)CC1C(O[Si](C)(C)C(C)(C)C)CC(OC2CCCCO2)C1/C=C/C(CCCCC)OC1CCCCO1. The molecule has 0 spiro atoms. The molecule has 0 aromatic carbocycles. The van der Waals surface area contributed by atoms with Gasteiger partial charge in [-0.1, -0.05) is 81.0 Å². The topological polar surface area (TPSA) is 46.2 Å². The minimum atomic E-state index is -2.00. The van der Waals surface area contributed by atoms with E-state index in [0.29, 0.717) is 0 Å². The molecule has 2 saturated heterocycles. The molecule has 7 unspecified atom stereocenters. The minimum absolute atomic E-state index is 0.00386. The summed E-state index contributed by atoms with van der Waals surface area (Å²) in [7, 11) is -2.00. The largest absolute Gasteiger partial charge is 0.414 e. The van der Waals surface area contributed by atoms with Crippen LogP contribution in [-0.2, 0) is 23.4 Å². The number of alkyl halides is 1. The van der Waals surface area contributed by atoms with E-state index in [2.05, 4.69) is 74.8 Å². The molecule has 3 aliphatic rings. The standard InChI is InChI=1S/C33H57BrO5Si/c1-8-10-11-16-26(37-31-17-12-14-21-35-31)19-20-27-28(23-25(34)9-2)30(39-40(6,7)33(3,4)5)24-29(27)38-32-18-13-15-22-36-32/h2,19-20,25-32H,8,10-18,21-24H2,1,3-7H3/b20-19+/t25-,26?,27?,28?,29?,30?,31?,32?/m1/s1. The highest BCUT2D eigenvalue weighted by molar-refractivity contribution is 9.09. The summed E-state index contributed by atoms with van der Waals surface area (Å²) in [4.78, 5) is -0.00386. The van der Waals surface area contributed by atoms with Gasteiger partial charge in [0.15, 0.2) is 20.9 Å². The number of unbranched alkanes of at least 4 members (excludes halogenated alkanes) is 2. The second-order valence-electron chi connectivity index (χ2n) is 13.6. The van der Waals surface area contributed by atoms with E-state index in [1.165, 1.54) is 19.3 Å². The van der Waals surface area contributed by atoms with E-state index in [-0.39, 0.29) is 52.6 Å². The van der Waals surface area contributed by atoms with Gasteiger partial charge in [0, 0.05) is 19.1 Å². The molecule has 0 N–H and O–H groups in total. The fourth-order valence-electron chi connectivity index (χ4n) is 5.89. The molecule has 3 fully saturated rings. The van der Waals surface area contributed by atoms with Gasteiger partial charge >= 0.3 is 0 Å². The van der Waals surface area contributed by atoms with E-state index in [1.807, 2.05) is 0 Å². The molecule has 230 valence electrons. The molecule has 0 bridgehead atoms. The number of ether oxygens (including phenoxy) is 4. The zero-order valence-electron chi connectivity index (χ0n) is 26.2. The van der Waals surface area contributed by atoms with Crippen LogP contribution in [0.4, 0.5) is 0 Å². The highest BCUT2D eigenvalue weighted by atomic mass is 79.9. The molecule has 0 aromatic rings. The Morgan fingerprint density at radius 2 is 1.70 bits per heavy atom. The Labute approximate surface area is 255 Å². The lowest BCUT2D eigenvalue weighted by atomic mass is 9.88. The van der Waals surface area contributed by atoms with Crippen LogP contribution in [0.2, 0.25) is 18.1 Å². The zero-order chi connectivity index (χ0) is 29.2. The third-order valence-corrected chi connectivity index (χ3v) is 14.5. The third-order valence-electron chi connectivity index (χ3n) is 9.35. The van der Waals surface area contributed by atoms with Crippen molar-refractivity contribution < 1.29 is 23.4 Å². The molecule has 3 rings (SSSR count). The maximum Gasteiger partial charge on any atom is 0.192 e. The monoisotopic (exact) mass is 640 g/mol. The van der Waals surface area contributed by atoms with Gasteiger partial charge in [-0.15, -0.1) is 6.42 Å². The second-order valence-corrected chi connectivity index (χ2v) is 19.4. The van der Waals surface area contributed by atoms with Gasteiger partial charge in [-0.05, 0) is 81.8 Å². The molecule has 5 nitrogen and oxygen atoms in total. The van der Waals surface area contributed by atoms with Crippen LogP contribution in [-0.4, -0.2) is 57.3 Å². The van der Waals surface area contributed by atoms with Crippen LogP contribution in [0.1, 0.15) is 105 Å². The maximum atomic E-state index is 7.12. The summed E-state index contributed by atoms with van der Waals surface area (Å²) in [6.07, 6.45) is 23.3. The number of rotatable bonds is 14. The lowest BCUT2D eigenvalue weighted by Gasteiger charge is -2.40. The highest BCUT2D eigenvalue weighted by Crippen LogP contribution is 2.46. The fraction of sp³-hybridized carbons (Fsp3) is 0.879. The summed E-state index contributed by atoms with van der Waals surface area (Å²) in [6, 6.07) is 0. The Bertz CT molecular complexity index is 794. The third kappa shape index (κ3) is 10.5. The highest BCUT2D eigenvalue weighted by Gasteiger charge is 2.49. The van der Waals surface area contributed by atoms with Gasteiger partial charge in [0.1, 0.15) is 0 Å². The quantitative estimate of drug-likeness (QED) is 0.0624. The maximum absolute atomic E-state index is 7.12. The Morgan fingerprint density at radius 1 is 1.02 bits per heavy atom. The van der Waals surface area contributed by atoms with E-state index < -0.39 is 8.32 Å². The molecular formula is C33H57BrO5Si. The molecular weight excluding hydrogens is 584 g/mol. The summed E-state index contributed by atoms with van der Waals surface area (Å²) >= 11 is 3.76. The zero-order valence-corrected chi connectivity index (χ0v) is 28.8. The van der Waals surface area contributed by atoms with E-state index in [1.54, 1.807) is 0 Å². The number of hydrogen-bond donors (Lipinski definition) is 0. The Hall–Kier alpha value is -0.203. The van der Waals surface area contributed by atoms with Crippen LogP contribution in [0.15, 0.2) is 12.2 Å².